The van der Waals surface area contributed by atoms with Crippen molar-refractivity contribution in [3.05, 3.63) is 24.3 Å². The Morgan fingerprint density at radius 1 is 1.40 bits per heavy atom. The summed E-state index contributed by atoms with van der Waals surface area (Å²) in [4.78, 5) is 2.45. The fourth-order valence-corrected chi connectivity index (χ4v) is 3.52. The van der Waals surface area contributed by atoms with Crippen LogP contribution in [-0.4, -0.2) is 58.8 Å². The minimum absolute atomic E-state index is 0.457. The normalized spacial score (nSPS) is 23.6. The highest BCUT2D eigenvalue weighted by molar-refractivity contribution is 8.00. The summed E-state index contributed by atoms with van der Waals surface area (Å²) in [5, 5.41) is 18.9. The zero-order chi connectivity index (χ0) is 14.5. The van der Waals surface area contributed by atoms with E-state index >= 15 is 0 Å². The van der Waals surface area contributed by atoms with Crippen LogP contribution in [0.25, 0.3) is 0 Å². The maximum absolute atomic E-state index is 9.13. The van der Waals surface area contributed by atoms with Crippen molar-refractivity contribution in [1.29, 1.82) is 0 Å². The van der Waals surface area contributed by atoms with Crippen molar-refractivity contribution in [2.24, 2.45) is 0 Å². The van der Waals surface area contributed by atoms with Gasteiger partial charge in [0.2, 0.25) is 0 Å². The molecule has 1 heterocycles. The molecule has 2 atom stereocenters. The third-order valence-corrected chi connectivity index (χ3v) is 5.16. The minimum atomic E-state index is -1.45. The van der Waals surface area contributed by atoms with E-state index in [1.165, 1.54) is 5.75 Å². The molecule has 1 aromatic carbocycles. The molecular formula is C14H22BNO3S. The fraction of sp³-hybridized carbons (Fsp3) is 0.571. The third kappa shape index (κ3) is 4.15. The van der Waals surface area contributed by atoms with Crippen LogP contribution in [0.15, 0.2) is 24.3 Å². The molecule has 0 aromatic heterocycles. The Bertz CT molecular complexity index is 433. The molecule has 0 amide bonds. The quantitative estimate of drug-likeness (QED) is 0.778. The molecular weight excluding hydrogens is 273 g/mol. The second-order valence-electron chi connectivity index (χ2n) is 5.15. The SMILES string of the molecule is CC1SCCN(CCOc2cccc(B(O)O)c2)C1C. The van der Waals surface area contributed by atoms with E-state index in [4.69, 9.17) is 14.8 Å². The number of thioether (sulfide) groups is 1. The van der Waals surface area contributed by atoms with Gasteiger partial charge in [0, 0.05) is 30.1 Å². The number of nitrogens with zero attached hydrogens (tertiary/aromatic N) is 1. The topological polar surface area (TPSA) is 52.9 Å². The molecule has 0 saturated carbocycles. The van der Waals surface area contributed by atoms with Crippen molar-refractivity contribution in [3.63, 3.8) is 0 Å². The van der Waals surface area contributed by atoms with Gasteiger partial charge >= 0.3 is 7.12 Å². The summed E-state index contributed by atoms with van der Waals surface area (Å²) in [6.07, 6.45) is 0. The first kappa shape index (κ1) is 15.7. The molecule has 2 rings (SSSR count). The number of hydrogen-bond acceptors (Lipinski definition) is 5. The molecule has 20 heavy (non-hydrogen) atoms. The lowest BCUT2D eigenvalue weighted by atomic mass is 9.80. The minimum Gasteiger partial charge on any atom is -0.492 e. The molecule has 0 radical (unpaired) electrons. The zero-order valence-corrected chi connectivity index (χ0v) is 12.8. The number of benzene rings is 1. The molecule has 1 aliphatic rings. The van der Waals surface area contributed by atoms with Gasteiger partial charge in [0.05, 0.1) is 0 Å². The van der Waals surface area contributed by atoms with Gasteiger partial charge in [-0.2, -0.15) is 11.8 Å². The first-order valence-corrected chi connectivity index (χ1v) is 8.07. The second kappa shape index (κ2) is 7.36. The first-order chi connectivity index (χ1) is 9.58. The van der Waals surface area contributed by atoms with E-state index in [0.29, 0.717) is 29.1 Å². The van der Waals surface area contributed by atoms with Gasteiger partial charge in [0.1, 0.15) is 12.4 Å². The molecule has 1 aromatic rings. The lowest BCUT2D eigenvalue weighted by molar-refractivity contribution is 0.170. The molecule has 0 bridgehead atoms. The first-order valence-electron chi connectivity index (χ1n) is 7.02. The van der Waals surface area contributed by atoms with Crippen LogP contribution >= 0.6 is 11.8 Å². The number of hydrogen-bond donors (Lipinski definition) is 2. The highest BCUT2D eigenvalue weighted by atomic mass is 32.2. The highest BCUT2D eigenvalue weighted by Gasteiger charge is 2.24. The molecule has 6 heteroatoms. The van der Waals surface area contributed by atoms with Gasteiger partial charge in [-0.15, -0.1) is 0 Å². The lowest BCUT2D eigenvalue weighted by Crippen LogP contribution is -2.46. The van der Waals surface area contributed by atoms with Gasteiger partial charge in [0.15, 0.2) is 0 Å². The molecule has 1 fully saturated rings. The fourth-order valence-electron chi connectivity index (χ4n) is 2.36. The van der Waals surface area contributed by atoms with Crippen molar-refractivity contribution < 1.29 is 14.8 Å². The Hall–Kier alpha value is -0.685. The van der Waals surface area contributed by atoms with Crippen molar-refractivity contribution in [2.45, 2.75) is 25.1 Å². The van der Waals surface area contributed by atoms with Crippen LogP contribution in [0.2, 0.25) is 0 Å². The van der Waals surface area contributed by atoms with Gasteiger partial charge in [-0.1, -0.05) is 19.1 Å². The molecule has 1 saturated heterocycles. The van der Waals surface area contributed by atoms with E-state index in [0.717, 1.165) is 13.1 Å². The zero-order valence-electron chi connectivity index (χ0n) is 12.0. The van der Waals surface area contributed by atoms with Crippen molar-refractivity contribution in [2.75, 3.05) is 25.4 Å². The predicted octanol–water partition coefficient (Wildman–Crippen LogP) is 0.571. The second-order valence-corrected chi connectivity index (χ2v) is 6.63. The molecule has 110 valence electrons. The Balaban J connectivity index is 1.82. The molecule has 2 N–H and O–H groups in total. The Morgan fingerprint density at radius 3 is 2.95 bits per heavy atom. The van der Waals surface area contributed by atoms with Crippen LogP contribution in [0.1, 0.15) is 13.8 Å². The van der Waals surface area contributed by atoms with Crippen molar-refractivity contribution in [3.8, 4) is 5.75 Å². The van der Waals surface area contributed by atoms with Crippen LogP contribution in [0.3, 0.4) is 0 Å². The van der Waals surface area contributed by atoms with E-state index < -0.39 is 7.12 Å². The molecule has 2 unspecified atom stereocenters. The molecule has 1 aliphatic heterocycles. The van der Waals surface area contributed by atoms with Gasteiger partial charge in [0.25, 0.3) is 0 Å². The summed E-state index contributed by atoms with van der Waals surface area (Å²) in [5.41, 5.74) is 0.457. The summed E-state index contributed by atoms with van der Waals surface area (Å²) >= 11 is 2.03. The maximum atomic E-state index is 9.13. The average molecular weight is 295 g/mol. The molecule has 0 spiro atoms. The summed E-state index contributed by atoms with van der Waals surface area (Å²) in [6.45, 7) is 7.16. The van der Waals surface area contributed by atoms with Gasteiger partial charge in [-0.05, 0) is 24.5 Å². The predicted molar refractivity (Wildman–Crippen MR) is 84.7 cm³/mol. The van der Waals surface area contributed by atoms with Crippen LogP contribution in [0, 0.1) is 0 Å². The molecule has 4 nitrogen and oxygen atoms in total. The standard InChI is InChI=1S/C14H22BNO3S/c1-11-12(2)20-9-7-16(11)6-8-19-14-5-3-4-13(10-14)15(17)18/h3-5,10-12,17-18H,6-9H2,1-2H3. The van der Waals surface area contributed by atoms with E-state index in [9.17, 15) is 0 Å². The average Bonchev–Trinajstić information content (AvgIpc) is 2.44. The monoisotopic (exact) mass is 295 g/mol. The van der Waals surface area contributed by atoms with E-state index in [-0.39, 0.29) is 0 Å². The summed E-state index contributed by atoms with van der Waals surface area (Å²) in [5.74, 6) is 1.86. The summed E-state index contributed by atoms with van der Waals surface area (Å²) < 4.78 is 5.71. The van der Waals surface area contributed by atoms with E-state index in [2.05, 4.69) is 18.7 Å². The summed E-state index contributed by atoms with van der Waals surface area (Å²) in [7, 11) is -1.45. The number of rotatable bonds is 5. The van der Waals surface area contributed by atoms with Crippen molar-refractivity contribution >= 4 is 24.3 Å². The van der Waals surface area contributed by atoms with Crippen molar-refractivity contribution in [1.82, 2.24) is 4.90 Å². The van der Waals surface area contributed by atoms with Gasteiger partial charge in [-0.3, -0.25) is 4.90 Å². The highest BCUT2D eigenvalue weighted by Crippen LogP contribution is 2.23. The van der Waals surface area contributed by atoms with Crippen LogP contribution < -0.4 is 10.2 Å². The van der Waals surface area contributed by atoms with Crippen LogP contribution in [0.5, 0.6) is 5.75 Å². The third-order valence-electron chi connectivity index (χ3n) is 3.82. The Kier molecular flexibility index (Phi) is 5.78. The van der Waals surface area contributed by atoms with Crippen LogP contribution in [0.4, 0.5) is 0 Å². The number of ether oxygens (including phenoxy) is 1. The smallest absolute Gasteiger partial charge is 0.488 e. The van der Waals surface area contributed by atoms with Gasteiger partial charge in [-0.25, -0.2) is 0 Å². The maximum Gasteiger partial charge on any atom is 0.488 e. The lowest BCUT2D eigenvalue weighted by Gasteiger charge is -2.37. The summed E-state index contributed by atoms with van der Waals surface area (Å²) in [6, 6.07) is 7.52. The molecule has 0 aliphatic carbocycles. The van der Waals surface area contributed by atoms with Gasteiger partial charge < -0.3 is 14.8 Å². The van der Waals surface area contributed by atoms with E-state index in [1.807, 2.05) is 17.8 Å². The largest absolute Gasteiger partial charge is 0.492 e. The Labute approximate surface area is 125 Å². The Morgan fingerprint density at radius 2 is 2.20 bits per heavy atom. The van der Waals surface area contributed by atoms with E-state index in [1.54, 1.807) is 18.2 Å². The van der Waals surface area contributed by atoms with Crippen LogP contribution in [-0.2, 0) is 0 Å².